The lowest BCUT2D eigenvalue weighted by Crippen LogP contribution is -2.38. The van der Waals surface area contributed by atoms with Gasteiger partial charge in [-0.3, -0.25) is 9.69 Å². The van der Waals surface area contributed by atoms with Crippen molar-refractivity contribution in [2.75, 3.05) is 49.3 Å². The summed E-state index contributed by atoms with van der Waals surface area (Å²) in [4.78, 5) is 25.9. The number of rotatable bonds is 10. The van der Waals surface area contributed by atoms with E-state index in [0.29, 0.717) is 53.8 Å². The van der Waals surface area contributed by atoms with Crippen LogP contribution in [0.3, 0.4) is 0 Å². The molecule has 0 radical (unpaired) electrons. The molecule has 2 saturated carbocycles. The molecule has 3 N–H and O–H groups in total. The molecule has 0 spiro atoms. The number of aromatic nitrogens is 2. The van der Waals surface area contributed by atoms with Crippen LogP contribution in [0.2, 0.25) is 5.02 Å². The van der Waals surface area contributed by atoms with Crippen LogP contribution >= 0.6 is 11.6 Å². The quantitative estimate of drug-likeness (QED) is 0.315. The summed E-state index contributed by atoms with van der Waals surface area (Å²) in [6.45, 7) is 2.39. The number of ether oxygens (including phenoxy) is 1. The van der Waals surface area contributed by atoms with Crippen molar-refractivity contribution in [3.63, 3.8) is 0 Å². The van der Waals surface area contributed by atoms with Crippen molar-refractivity contribution in [3.05, 3.63) is 28.9 Å². The van der Waals surface area contributed by atoms with E-state index in [1.54, 1.807) is 19.1 Å². The maximum Gasteiger partial charge on any atom is 0.240 e. The van der Waals surface area contributed by atoms with Crippen molar-refractivity contribution in [1.29, 1.82) is 0 Å². The van der Waals surface area contributed by atoms with Crippen LogP contribution < -0.4 is 25.0 Å². The van der Waals surface area contributed by atoms with Crippen molar-refractivity contribution >= 4 is 51.5 Å². The molecule has 3 aliphatic rings. The predicted molar refractivity (Wildman–Crippen MR) is 152 cm³/mol. The Bertz CT molecular complexity index is 1280. The normalized spacial score (nSPS) is 21.9. The van der Waals surface area contributed by atoms with Crippen molar-refractivity contribution in [2.45, 2.75) is 51.1 Å². The van der Waals surface area contributed by atoms with Gasteiger partial charge >= 0.3 is 0 Å². The van der Waals surface area contributed by atoms with Gasteiger partial charge in [-0.1, -0.05) is 24.4 Å². The molecule has 0 bridgehead atoms. The van der Waals surface area contributed by atoms with Crippen LogP contribution in [0.5, 0.6) is 5.75 Å². The molecule has 0 unspecified atom stereocenters. The first-order chi connectivity index (χ1) is 18.8. The molecular weight excluding hydrogens is 542 g/mol. The number of nitrogens with one attached hydrogen (secondary N) is 3. The topological polar surface area (TPSA) is 129 Å². The number of thiol groups is 1. The molecule has 1 amide bonds. The van der Waals surface area contributed by atoms with Gasteiger partial charge in [0.2, 0.25) is 22.7 Å². The van der Waals surface area contributed by atoms with Crippen LogP contribution in [0.1, 0.15) is 44.1 Å². The van der Waals surface area contributed by atoms with E-state index in [9.17, 15) is 13.2 Å². The third kappa shape index (κ3) is 6.92. The molecule has 212 valence electrons. The van der Waals surface area contributed by atoms with E-state index < -0.39 is 10.9 Å². The lowest BCUT2D eigenvalue weighted by molar-refractivity contribution is -0.119. The van der Waals surface area contributed by atoms with Gasteiger partial charge in [-0.25, -0.2) is 18.1 Å². The highest BCUT2D eigenvalue weighted by molar-refractivity contribution is 7.70. The number of hydrogen-bond donors (Lipinski definition) is 4. The molecule has 11 nitrogen and oxygen atoms in total. The number of fused-ring (bicyclic) bond motifs is 1. The van der Waals surface area contributed by atoms with Gasteiger partial charge < -0.3 is 20.3 Å². The maximum atomic E-state index is 12.9. The number of benzene rings is 1. The van der Waals surface area contributed by atoms with E-state index in [4.69, 9.17) is 16.3 Å². The van der Waals surface area contributed by atoms with Gasteiger partial charge in [-0.15, -0.1) is 0 Å². The molecule has 39 heavy (non-hydrogen) atoms. The van der Waals surface area contributed by atoms with E-state index in [2.05, 4.69) is 30.2 Å². The summed E-state index contributed by atoms with van der Waals surface area (Å²) in [6, 6.07) is 3.91. The molecule has 5 rings (SSSR count). The highest BCUT2D eigenvalue weighted by Crippen LogP contribution is 2.38. The maximum absolute atomic E-state index is 12.9. The van der Waals surface area contributed by atoms with Crippen molar-refractivity contribution in [3.8, 4) is 5.75 Å². The van der Waals surface area contributed by atoms with Crippen LogP contribution in [-0.4, -0.2) is 69.0 Å². The Labute approximate surface area is 235 Å². The largest absolute Gasteiger partial charge is 0.495 e. The van der Waals surface area contributed by atoms with E-state index in [1.165, 1.54) is 19.0 Å². The Morgan fingerprint density at radius 2 is 1.95 bits per heavy atom. The van der Waals surface area contributed by atoms with Crippen LogP contribution in [0.4, 0.5) is 23.1 Å². The van der Waals surface area contributed by atoms with E-state index in [0.717, 1.165) is 43.5 Å². The first-order valence-corrected chi connectivity index (χ1v) is 15.0. The summed E-state index contributed by atoms with van der Waals surface area (Å²) in [7, 11) is 0.775. The fourth-order valence-corrected chi connectivity index (χ4v) is 6.03. The van der Waals surface area contributed by atoms with E-state index in [1.807, 2.05) is 12.1 Å². The average Bonchev–Trinajstić information content (AvgIpc) is 3.74. The molecule has 2 heterocycles. The fourth-order valence-electron chi connectivity index (χ4n) is 5.50. The second kappa shape index (κ2) is 12.2. The molecular formula is C26H36ClN7O4S. The summed E-state index contributed by atoms with van der Waals surface area (Å²) in [6.07, 6.45) is 7.90. The van der Waals surface area contributed by atoms with Gasteiger partial charge in [0.05, 0.1) is 31.2 Å². The molecule has 0 saturated heterocycles. The zero-order valence-electron chi connectivity index (χ0n) is 22.3. The van der Waals surface area contributed by atoms with E-state index in [-0.39, 0.29) is 17.9 Å². The SMILES string of the molecule is COc1cc2c(cc1Nc1ncc(Cl)c(N[C@@H]3CCCC[C@@H]3CN[SH](=O)=O)n1)N(C)C(=O)CN(CC1CC1)C2. The minimum atomic E-state index is -2.64. The van der Waals surface area contributed by atoms with Crippen molar-refractivity contribution in [1.82, 2.24) is 19.6 Å². The Hall–Kier alpha value is -2.67. The van der Waals surface area contributed by atoms with Gasteiger partial charge in [0.25, 0.3) is 0 Å². The van der Waals surface area contributed by atoms with Gasteiger partial charge in [-0.05, 0) is 55.2 Å². The monoisotopic (exact) mass is 577 g/mol. The summed E-state index contributed by atoms with van der Waals surface area (Å²) < 4.78 is 30.4. The fraction of sp³-hybridized carbons (Fsp3) is 0.577. The summed E-state index contributed by atoms with van der Waals surface area (Å²) in [5.74, 6) is 2.30. The Kier molecular flexibility index (Phi) is 8.75. The number of methoxy groups -OCH3 is 1. The number of amides is 1. The third-order valence-electron chi connectivity index (χ3n) is 7.81. The highest BCUT2D eigenvalue weighted by Gasteiger charge is 2.30. The highest BCUT2D eigenvalue weighted by atomic mass is 35.5. The molecule has 2 fully saturated rings. The number of carbonyl (C=O) groups is 1. The number of anilines is 4. The Morgan fingerprint density at radius 1 is 1.15 bits per heavy atom. The lowest BCUT2D eigenvalue weighted by atomic mass is 9.84. The van der Waals surface area contributed by atoms with Gasteiger partial charge in [0.15, 0.2) is 5.82 Å². The molecule has 2 aliphatic carbocycles. The minimum absolute atomic E-state index is 0.0294. The number of halogens is 1. The summed E-state index contributed by atoms with van der Waals surface area (Å²) in [5, 5.41) is 7.05. The van der Waals surface area contributed by atoms with Gasteiger partial charge in [0, 0.05) is 32.7 Å². The van der Waals surface area contributed by atoms with Crippen LogP contribution in [-0.2, 0) is 22.2 Å². The number of nitrogens with zero attached hydrogens (tertiary/aromatic N) is 4. The number of carbonyl (C=O) groups excluding carboxylic acids is 1. The second-order valence-electron chi connectivity index (χ2n) is 10.7. The van der Waals surface area contributed by atoms with Crippen molar-refractivity contribution < 1.29 is 17.9 Å². The predicted octanol–water partition coefficient (Wildman–Crippen LogP) is 3.16. The van der Waals surface area contributed by atoms with Crippen LogP contribution in [0, 0.1) is 11.8 Å². The minimum Gasteiger partial charge on any atom is -0.495 e. The van der Waals surface area contributed by atoms with Gasteiger partial charge in [-0.2, -0.15) is 4.98 Å². The first-order valence-electron chi connectivity index (χ1n) is 13.4. The number of hydrogen-bond acceptors (Lipinski definition) is 9. The number of likely N-dealkylation sites (N-methyl/N-ethyl adjacent to an activating group) is 1. The first kappa shape index (κ1) is 27.9. The zero-order valence-corrected chi connectivity index (χ0v) is 23.9. The third-order valence-corrected chi connectivity index (χ3v) is 8.52. The van der Waals surface area contributed by atoms with E-state index >= 15 is 0 Å². The zero-order chi connectivity index (χ0) is 27.5. The Balaban J connectivity index is 1.37. The Morgan fingerprint density at radius 3 is 2.69 bits per heavy atom. The molecule has 1 aromatic heterocycles. The standard InChI is InChI=1S/C26H36ClN7O4S/c1-33-22-10-21(23(38-2)9-18(22)14-34(15-24(33)35)13-16-7-8-16)31-26-28-12-19(27)25(32-26)30-20-6-4-3-5-17(20)11-29-39(36)37/h9-10,12,16-17,20,39H,3-8,11,13-15H2,1-2H3,(H,29,36,37)(H2,28,30,31,32)/t17-,20-/m1/s1. The lowest BCUT2D eigenvalue weighted by Gasteiger charge is -2.32. The molecule has 2 aromatic rings. The van der Waals surface area contributed by atoms with Crippen LogP contribution in [0.25, 0.3) is 0 Å². The average molecular weight is 578 g/mol. The summed E-state index contributed by atoms with van der Waals surface area (Å²) in [5.41, 5.74) is 2.49. The summed E-state index contributed by atoms with van der Waals surface area (Å²) >= 11 is 6.45. The molecule has 13 heteroatoms. The smallest absolute Gasteiger partial charge is 0.240 e. The van der Waals surface area contributed by atoms with Gasteiger partial charge in [0.1, 0.15) is 10.8 Å². The molecule has 1 aromatic carbocycles. The molecule has 2 atom stereocenters. The second-order valence-corrected chi connectivity index (χ2v) is 11.9. The molecule has 1 aliphatic heterocycles. The van der Waals surface area contributed by atoms with Crippen molar-refractivity contribution in [2.24, 2.45) is 11.8 Å². The van der Waals surface area contributed by atoms with Crippen LogP contribution in [0.15, 0.2) is 18.3 Å².